The molecule has 1 amide bonds. The Hall–Kier alpha value is -0.730. The summed E-state index contributed by atoms with van der Waals surface area (Å²) in [4.78, 5) is 18.0. The lowest BCUT2D eigenvalue weighted by atomic mass is 10.2. The maximum absolute atomic E-state index is 12.1. The highest BCUT2D eigenvalue weighted by atomic mass is 127. The first-order valence-electron chi connectivity index (χ1n) is 8.12. The monoisotopic (exact) mass is 442 g/mol. The van der Waals surface area contributed by atoms with Crippen LogP contribution in [0.25, 0.3) is 0 Å². The van der Waals surface area contributed by atoms with Gasteiger partial charge in [-0.25, -0.2) is 4.79 Å². The van der Waals surface area contributed by atoms with Gasteiger partial charge in [0.05, 0.1) is 0 Å². The van der Waals surface area contributed by atoms with Crippen LogP contribution in [0.4, 0.5) is 4.79 Å². The molecule has 0 aromatic heterocycles. The number of nitrogens with one attached hydrogen (secondary N) is 2. The molecule has 0 aromatic carbocycles. The fourth-order valence-corrected chi connectivity index (χ4v) is 1.72. The molecule has 0 heterocycles. The summed E-state index contributed by atoms with van der Waals surface area (Å²) in [5.41, 5.74) is -0.467. The number of ether oxygens (including phenoxy) is 1. The summed E-state index contributed by atoms with van der Waals surface area (Å²) in [5, 5.41) is 6.47. The zero-order valence-electron chi connectivity index (χ0n) is 15.7. The topological polar surface area (TPSA) is 66.0 Å². The number of carbonyl (C=O) groups excluding carboxylic acids is 1. The molecule has 0 rings (SSSR count). The van der Waals surface area contributed by atoms with Gasteiger partial charge in [-0.3, -0.25) is 4.99 Å². The maximum Gasteiger partial charge on any atom is 0.410 e. The second-order valence-corrected chi connectivity index (χ2v) is 6.74. The number of carbonyl (C=O) groups is 1. The van der Waals surface area contributed by atoms with Crippen molar-refractivity contribution in [2.45, 2.75) is 53.6 Å². The smallest absolute Gasteiger partial charge is 0.410 e. The molecule has 0 spiro atoms. The summed E-state index contributed by atoms with van der Waals surface area (Å²) in [6.45, 7) is 14.8. The Morgan fingerprint density at radius 3 is 2.26 bits per heavy atom. The summed E-state index contributed by atoms with van der Waals surface area (Å²) in [5.74, 6) is 1.31. The standard InChI is InChI=1S/C16H34N4O2.HI/c1-8-10-20(15(21)22-16(4,5)6)11-9-18-14(17-7)19-12-13(2)3;/h13H,8-12H2,1-7H3,(H2,17,18,19);1H. The van der Waals surface area contributed by atoms with E-state index < -0.39 is 5.60 Å². The van der Waals surface area contributed by atoms with Crippen LogP contribution in [0.15, 0.2) is 4.99 Å². The molecule has 7 heteroatoms. The van der Waals surface area contributed by atoms with E-state index in [9.17, 15) is 4.79 Å². The normalized spacial score (nSPS) is 11.7. The Bertz CT molecular complexity index is 354. The fraction of sp³-hybridized carbons (Fsp3) is 0.875. The largest absolute Gasteiger partial charge is 0.444 e. The predicted octanol–water partition coefficient (Wildman–Crippen LogP) is 3.07. The number of hydrogen-bond donors (Lipinski definition) is 2. The number of halogens is 1. The van der Waals surface area contributed by atoms with Crippen LogP contribution in [0.3, 0.4) is 0 Å². The van der Waals surface area contributed by atoms with Crippen molar-refractivity contribution >= 4 is 36.0 Å². The summed E-state index contributed by atoms with van der Waals surface area (Å²) in [6.07, 6.45) is 0.640. The first-order valence-corrected chi connectivity index (χ1v) is 8.12. The number of nitrogens with zero attached hydrogens (tertiary/aromatic N) is 2. The van der Waals surface area contributed by atoms with Crippen LogP contribution in [0.5, 0.6) is 0 Å². The number of aliphatic imine (C=N–C) groups is 1. The summed E-state index contributed by atoms with van der Waals surface area (Å²) in [6, 6.07) is 0. The minimum absolute atomic E-state index is 0. The number of hydrogen-bond acceptors (Lipinski definition) is 3. The molecule has 0 radical (unpaired) electrons. The maximum atomic E-state index is 12.1. The molecule has 0 bridgehead atoms. The molecule has 0 aliphatic carbocycles. The van der Waals surface area contributed by atoms with Crippen molar-refractivity contribution in [1.82, 2.24) is 15.5 Å². The predicted molar refractivity (Wildman–Crippen MR) is 108 cm³/mol. The van der Waals surface area contributed by atoms with Gasteiger partial charge < -0.3 is 20.3 Å². The van der Waals surface area contributed by atoms with Gasteiger partial charge in [0.15, 0.2) is 5.96 Å². The van der Waals surface area contributed by atoms with E-state index in [1.807, 2.05) is 27.7 Å². The molecule has 0 aliphatic heterocycles. The average Bonchev–Trinajstić information content (AvgIpc) is 2.39. The number of guanidine groups is 1. The van der Waals surface area contributed by atoms with E-state index in [4.69, 9.17) is 4.74 Å². The molecule has 138 valence electrons. The summed E-state index contributed by atoms with van der Waals surface area (Å²) < 4.78 is 5.43. The summed E-state index contributed by atoms with van der Waals surface area (Å²) in [7, 11) is 1.74. The van der Waals surface area contributed by atoms with Crippen molar-refractivity contribution in [2.75, 3.05) is 33.2 Å². The van der Waals surface area contributed by atoms with Crippen LogP contribution >= 0.6 is 24.0 Å². The van der Waals surface area contributed by atoms with Gasteiger partial charge >= 0.3 is 6.09 Å². The molecule has 0 atom stereocenters. The van der Waals surface area contributed by atoms with Crippen LogP contribution in [-0.2, 0) is 4.74 Å². The first-order chi connectivity index (χ1) is 10.2. The van der Waals surface area contributed by atoms with Crippen molar-refractivity contribution in [2.24, 2.45) is 10.9 Å². The molecular formula is C16H35IN4O2. The first kappa shape index (κ1) is 24.5. The van der Waals surface area contributed by atoms with Crippen LogP contribution in [0, 0.1) is 5.92 Å². The highest BCUT2D eigenvalue weighted by Crippen LogP contribution is 2.09. The van der Waals surface area contributed by atoms with Crippen LogP contribution in [0.1, 0.15) is 48.0 Å². The molecule has 2 N–H and O–H groups in total. The number of rotatable bonds is 7. The van der Waals surface area contributed by atoms with E-state index in [2.05, 4.69) is 29.5 Å². The molecule has 23 heavy (non-hydrogen) atoms. The van der Waals surface area contributed by atoms with Crippen LogP contribution < -0.4 is 10.6 Å². The van der Waals surface area contributed by atoms with E-state index in [-0.39, 0.29) is 30.1 Å². The van der Waals surface area contributed by atoms with E-state index in [0.717, 1.165) is 18.9 Å². The average molecular weight is 442 g/mol. The van der Waals surface area contributed by atoms with E-state index >= 15 is 0 Å². The zero-order chi connectivity index (χ0) is 17.2. The van der Waals surface area contributed by atoms with Gasteiger partial charge in [-0.15, -0.1) is 24.0 Å². The van der Waals surface area contributed by atoms with Gasteiger partial charge in [0.25, 0.3) is 0 Å². The van der Waals surface area contributed by atoms with Crippen LogP contribution in [-0.4, -0.2) is 55.8 Å². The third kappa shape index (κ3) is 13.4. The van der Waals surface area contributed by atoms with Gasteiger partial charge in [0, 0.05) is 33.2 Å². The lowest BCUT2D eigenvalue weighted by molar-refractivity contribution is 0.0253. The van der Waals surface area contributed by atoms with E-state index in [0.29, 0.717) is 25.6 Å². The quantitative estimate of drug-likeness (QED) is 0.361. The number of amides is 1. The molecule has 0 saturated heterocycles. The minimum Gasteiger partial charge on any atom is -0.444 e. The molecule has 0 aliphatic rings. The van der Waals surface area contributed by atoms with Crippen molar-refractivity contribution in [3.63, 3.8) is 0 Å². The SMILES string of the molecule is CCCN(CCNC(=NC)NCC(C)C)C(=O)OC(C)(C)C.I. The van der Waals surface area contributed by atoms with Crippen LogP contribution in [0.2, 0.25) is 0 Å². The summed E-state index contributed by atoms with van der Waals surface area (Å²) >= 11 is 0. The van der Waals surface area contributed by atoms with Crippen molar-refractivity contribution in [3.8, 4) is 0 Å². The van der Waals surface area contributed by atoms with Gasteiger partial charge in [-0.1, -0.05) is 20.8 Å². The lowest BCUT2D eigenvalue weighted by Gasteiger charge is -2.27. The second kappa shape index (κ2) is 12.7. The Balaban J connectivity index is 0. The highest BCUT2D eigenvalue weighted by molar-refractivity contribution is 14.0. The Morgan fingerprint density at radius 2 is 1.83 bits per heavy atom. The molecule has 0 saturated carbocycles. The third-order valence-electron chi connectivity index (χ3n) is 2.72. The molecular weight excluding hydrogens is 407 g/mol. The molecule has 6 nitrogen and oxygen atoms in total. The van der Waals surface area contributed by atoms with Gasteiger partial charge in [-0.05, 0) is 33.1 Å². The van der Waals surface area contributed by atoms with Crippen molar-refractivity contribution in [1.29, 1.82) is 0 Å². The molecule has 0 unspecified atom stereocenters. The van der Waals surface area contributed by atoms with Crippen molar-refractivity contribution in [3.05, 3.63) is 0 Å². The lowest BCUT2D eigenvalue weighted by Crippen LogP contribution is -2.45. The van der Waals surface area contributed by atoms with Gasteiger partial charge in [0.2, 0.25) is 0 Å². The Kier molecular flexibility index (Phi) is 13.5. The fourth-order valence-electron chi connectivity index (χ4n) is 1.72. The zero-order valence-corrected chi connectivity index (χ0v) is 18.1. The second-order valence-electron chi connectivity index (χ2n) is 6.74. The van der Waals surface area contributed by atoms with Crippen molar-refractivity contribution < 1.29 is 9.53 Å². The highest BCUT2D eigenvalue weighted by Gasteiger charge is 2.21. The third-order valence-corrected chi connectivity index (χ3v) is 2.72. The van der Waals surface area contributed by atoms with Gasteiger partial charge in [-0.2, -0.15) is 0 Å². The minimum atomic E-state index is -0.467. The van der Waals surface area contributed by atoms with E-state index in [1.165, 1.54) is 0 Å². The van der Waals surface area contributed by atoms with E-state index in [1.54, 1.807) is 11.9 Å². The molecule has 0 aromatic rings. The Labute approximate surface area is 158 Å². The van der Waals surface area contributed by atoms with Gasteiger partial charge in [0.1, 0.15) is 5.60 Å². The molecule has 0 fully saturated rings. The Morgan fingerprint density at radius 1 is 1.22 bits per heavy atom.